The van der Waals surface area contributed by atoms with Crippen molar-refractivity contribution in [3.63, 3.8) is 0 Å². The summed E-state index contributed by atoms with van der Waals surface area (Å²) in [5, 5.41) is 0. The number of carbonyl (C=O) groups excluding carboxylic acids is 2. The van der Waals surface area contributed by atoms with Crippen LogP contribution in [0.25, 0.3) is 0 Å². The number of carbonyl (C=O) groups is 2. The van der Waals surface area contributed by atoms with Gasteiger partial charge < -0.3 is 9.47 Å². The van der Waals surface area contributed by atoms with Crippen LogP contribution in [0, 0.1) is 34.5 Å². The lowest BCUT2D eigenvalue weighted by Crippen LogP contribution is -2.60. The topological polar surface area (TPSA) is 55.9 Å². The van der Waals surface area contributed by atoms with Crippen LogP contribution in [0.15, 0.2) is 11.6 Å². The minimum absolute atomic E-state index is 0.00154. The van der Waals surface area contributed by atoms with E-state index >= 15 is 0 Å². The fourth-order valence-electron chi connectivity index (χ4n) is 8.34. The van der Waals surface area contributed by atoms with Gasteiger partial charge in [0.25, 0.3) is 6.47 Å². The third-order valence-electron chi connectivity index (χ3n) is 9.95. The smallest absolute Gasteiger partial charge is 0.293 e. The molecule has 6 aliphatic rings. The van der Waals surface area contributed by atoms with Crippen LogP contribution in [-0.4, -0.2) is 29.6 Å². The number of hydrogen-bond acceptors (Lipinski definition) is 4. The van der Waals surface area contributed by atoms with Crippen LogP contribution in [0.4, 0.5) is 0 Å². The van der Waals surface area contributed by atoms with Crippen LogP contribution in [0.5, 0.6) is 0 Å². The van der Waals surface area contributed by atoms with Crippen LogP contribution >= 0.6 is 0 Å². The van der Waals surface area contributed by atoms with Crippen molar-refractivity contribution in [3.8, 4) is 0 Å². The Morgan fingerprint density at radius 1 is 1.27 bits per heavy atom. The van der Waals surface area contributed by atoms with E-state index < -0.39 is 0 Å². The predicted molar refractivity (Wildman–Crippen MR) is 94.1 cm³/mol. The summed E-state index contributed by atoms with van der Waals surface area (Å²) in [6.45, 7) is 7.51. The Kier molecular flexibility index (Phi) is 2.62. The van der Waals surface area contributed by atoms with Crippen LogP contribution in [0.2, 0.25) is 0 Å². The SMILES string of the molecule is CC12C[C@@H]3OC34[C@@H]([C@H]3C[C@H]3C3=CC(=O)CC[C@@]34C)[C@@H]1CC[C@]2(C)OC=O. The minimum Gasteiger partial charge on any atom is -0.461 e. The number of rotatable bonds is 2. The molecule has 5 aliphatic carbocycles. The molecule has 1 spiro atoms. The minimum atomic E-state index is -0.374. The van der Waals surface area contributed by atoms with Gasteiger partial charge in [0.15, 0.2) is 5.78 Å². The molecular weight excluding hydrogens is 328 g/mol. The van der Waals surface area contributed by atoms with Gasteiger partial charge in [-0.1, -0.05) is 19.4 Å². The Labute approximate surface area is 154 Å². The molecule has 2 unspecified atom stereocenters. The van der Waals surface area contributed by atoms with Gasteiger partial charge in [0.1, 0.15) is 11.2 Å². The number of epoxide rings is 1. The Morgan fingerprint density at radius 3 is 2.85 bits per heavy atom. The van der Waals surface area contributed by atoms with Crippen LogP contribution < -0.4 is 0 Å². The van der Waals surface area contributed by atoms with Crippen molar-refractivity contribution in [2.75, 3.05) is 0 Å². The van der Waals surface area contributed by atoms with Crippen molar-refractivity contribution >= 4 is 12.3 Å². The number of hydrogen-bond donors (Lipinski definition) is 0. The summed E-state index contributed by atoms with van der Waals surface area (Å²) in [4.78, 5) is 23.3. The van der Waals surface area contributed by atoms with Gasteiger partial charge in [0.05, 0.1) is 6.10 Å². The fourth-order valence-corrected chi connectivity index (χ4v) is 8.34. The molecule has 9 atom stereocenters. The van der Waals surface area contributed by atoms with Crippen molar-refractivity contribution in [3.05, 3.63) is 11.6 Å². The molecule has 4 nitrogen and oxygen atoms in total. The molecule has 26 heavy (non-hydrogen) atoms. The van der Waals surface area contributed by atoms with Crippen molar-refractivity contribution in [2.24, 2.45) is 34.5 Å². The van der Waals surface area contributed by atoms with Crippen molar-refractivity contribution in [1.29, 1.82) is 0 Å². The zero-order valence-electron chi connectivity index (χ0n) is 15.9. The lowest BCUT2D eigenvalue weighted by molar-refractivity contribution is -0.162. The average Bonchev–Trinajstić information content (AvgIpc) is 3.47. The second kappa shape index (κ2) is 4.29. The molecule has 6 rings (SSSR count). The maximum Gasteiger partial charge on any atom is 0.293 e. The molecule has 1 saturated heterocycles. The molecule has 0 bridgehead atoms. The van der Waals surface area contributed by atoms with E-state index in [9.17, 15) is 9.59 Å². The second-order valence-electron chi connectivity index (χ2n) is 10.5. The summed E-state index contributed by atoms with van der Waals surface area (Å²) in [5.41, 5.74) is 0.999. The van der Waals surface area contributed by atoms with Crippen LogP contribution in [0.3, 0.4) is 0 Å². The highest BCUT2D eigenvalue weighted by Crippen LogP contribution is 2.82. The van der Waals surface area contributed by atoms with Gasteiger partial charge in [-0.3, -0.25) is 9.59 Å². The monoisotopic (exact) mass is 356 g/mol. The highest BCUT2D eigenvalue weighted by atomic mass is 16.6. The first-order valence-electron chi connectivity index (χ1n) is 10.3. The molecule has 0 radical (unpaired) electrons. The molecule has 0 amide bonds. The lowest BCUT2D eigenvalue weighted by Gasteiger charge is -2.56. The van der Waals surface area contributed by atoms with E-state index in [4.69, 9.17) is 9.47 Å². The van der Waals surface area contributed by atoms with Crippen molar-refractivity contribution in [1.82, 2.24) is 0 Å². The molecular formula is C22H28O4. The lowest BCUT2D eigenvalue weighted by atomic mass is 9.46. The third-order valence-corrected chi connectivity index (χ3v) is 9.95. The Bertz CT molecular complexity index is 772. The summed E-state index contributed by atoms with van der Waals surface area (Å²) < 4.78 is 12.4. The summed E-state index contributed by atoms with van der Waals surface area (Å²) in [6, 6.07) is 0. The summed E-state index contributed by atoms with van der Waals surface area (Å²) in [5.74, 6) is 2.67. The first-order chi connectivity index (χ1) is 12.3. The second-order valence-corrected chi connectivity index (χ2v) is 10.5. The number of ketones is 1. The molecule has 5 fully saturated rings. The van der Waals surface area contributed by atoms with Gasteiger partial charge in [0.2, 0.25) is 0 Å². The summed E-state index contributed by atoms with van der Waals surface area (Å²) in [6.07, 6.45) is 8.13. The normalized spacial score (nSPS) is 61.3. The largest absolute Gasteiger partial charge is 0.461 e. The van der Waals surface area contributed by atoms with Crippen molar-refractivity contribution in [2.45, 2.75) is 76.6 Å². The molecule has 1 aliphatic heterocycles. The highest BCUT2D eigenvalue weighted by molar-refractivity contribution is 5.92. The number of ether oxygens (including phenoxy) is 2. The van der Waals surface area contributed by atoms with E-state index in [0.29, 0.717) is 42.3 Å². The third kappa shape index (κ3) is 1.44. The summed E-state index contributed by atoms with van der Waals surface area (Å²) in [7, 11) is 0. The van der Waals surface area contributed by atoms with Crippen LogP contribution in [0.1, 0.15) is 59.3 Å². The van der Waals surface area contributed by atoms with Crippen molar-refractivity contribution < 1.29 is 19.1 Å². The molecule has 140 valence electrons. The quantitative estimate of drug-likeness (QED) is 0.562. The molecule has 0 aromatic rings. The van der Waals surface area contributed by atoms with E-state index in [1.165, 1.54) is 12.0 Å². The van der Waals surface area contributed by atoms with E-state index in [2.05, 4.69) is 20.8 Å². The standard InChI is InChI=1S/C22H28O4/c1-19-6-4-12(24)8-16(19)13-9-14(13)18-15-5-7-21(3,25-11-23)20(15,2)10-17-22(18,19)26-17/h8,11,13-15,17-18H,4-7,9-10H2,1-3H3/t13-,14+,15+,17+,18+,19+,20?,21+,22?/m1/s1. The van der Waals surface area contributed by atoms with E-state index in [1.54, 1.807) is 0 Å². The molecule has 0 aromatic carbocycles. The fraction of sp³-hybridized carbons (Fsp3) is 0.818. The molecule has 4 heteroatoms. The molecule has 4 saturated carbocycles. The molecule has 1 heterocycles. The predicted octanol–water partition coefficient (Wildman–Crippen LogP) is 3.44. The van der Waals surface area contributed by atoms with Crippen LogP contribution in [-0.2, 0) is 19.1 Å². The zero-order valence-corrected chi connectivity index (χ0v) is 15.9. The van der Waals surface area contributed by atoms with Gasteiger partial charge in [-0.15, -0.1) is 0 Å². The number of fused-ring (bicyclic) bond motifs is 6. The Morgan fingerprint density at radius 2 is 2.08 bits per heavy atom. The highest BCUT2D eigenvalue weighted by Gasteiger charge is 2.85. The first-order valence-corrected chi connectivity index (χ1v) is 10.3. The van der Waals surface area contributed by atoms with Gasteiger partial charge in [-0.05, 0) is 68.8 Å². The van der Waals surface area contributed by atoms with Gasteiger partial charge in [-0.2, -0.15) is 0 Å². The molecule has 0 aromatic heterocycles. The molecule has 0 N–H and O–H groups in total. The van der Waals surface area contributed by atoms with Gasteiger partial charge >= 0.3 is 0 Å². The Balaban J connectivity index is 1.47. The maximum atomic E-state index is 12.1. The van der Waals surface area contributed by atoms with E-state index in [-0.39, 0.29) is 28.1 Å². The maximum absolute atomic E-state index is 12.1. The zero-order chi connectivity index (χ0) is 18.1. The van der Waals surface area contributed by atoms with Gasteiger partial charge in [0, 0.05) is 17.3 Å². The van der Waals surface area contributed by atoms with E-state index in [1.807, 2.05) is 6.08 Å². The first kappa shape index (κ1) is 15.9. The average molecular weight is 356 g/mol. The Hall–Kier alpha value is -1.16. The van der Waals surface area contributed by atoms with E-state index in [0.717, 1.165) is 25.7 Å². The summed E-state index contributed by atoms with van der Waals surface area (Å²) >= 11 is 0. The van der Waals surface area contributed by atoms with Gasteiger partial charge in [-0.25, -0.2) is 0 Å².